The van der Waals surface area contributed by atoms with Crippen molar-refractivity contribution in [3.05, 3.63) is 119 Å². The Morgan fingerprint density at radius 2 is 1.52 bits per heavy atom. The van der Waals surface area contributed by atoms with E-state index in [2.05, 4.69) is 20.8 Å². The predicted molar refractivity (Wildman–Crippen MR) is 122 cm³/mol. The van der Waals surface area contributed by atoms with Crippen LogP contribution in [0.1, 0.15) is 28.4 Å². The van der Waals surface area contributed by atoms with E-state index in [1.807, 2.05) is 49.4 Å². The first kappa shape index (κ1) is 21.4. The van der Waals surface area contributed by atoms with Gasteiger partial charge >= 0.3 is 0 Å². The maximum absolute atomic E-state index is 12.7. The molecule has 6 nitrogen and oxygen atoms in total. The number of nitrogens with zero attached hydrogens (tertiary/aromatic N) is 2. The van der Waals surface area contributed by atoms with Crippen LogP contribution in [-0.4, -0.2) is 23.0 Å². The topological polar surface area (TPSA) is 83.5 Å². The molecule has 1 aromatic heterocycles. The summed E-state index contributed by atoms with van der Waals surface area (Å²) in [5.74, 6) is -0.914. The highest BCUT2D eigenvalue weighted by Gasteiger charge is 2.14. The van der Waals surface area contributed by atoms with Crippen LogP contribution in [0.3, 0.4) is 0 Å². The van der Waals surface area contributed by atoms with Gasteiger partial charge in [0.1, 0.15) is 5.70 Å². The summed E-state index contributed by atoms with van der Waals surface area (Å²) in [5.41, 5.74) is 5.56. The fourth-order valence-electron chi connectivity index (χ4n) is 2.70. The third-order valence-corrected chi connectivity index (χ3v) is 4.18. The Morgan fingerprint density at radius 3 is 2.19 bits per heavy atom. The van der Waals surface area contributed by atoms with Gasteiger partial charge in [0, 0.05) is 18.0 Å². The lowest BCUT2D eigenvalue weighted by atomic mass is 10.1. The highest BCUT2D eigenvalue weighted by atomic mass is 16.2. The number of hydrogen-bond acceptors (Lipinski definition) is 4. The summed E-state index contributed by atoms with van der Waals surface area (Å²) in [7, 11) is 0. The summed E-state index contributed by atoms with van der Waals surface area (Å²) in [5, 5.41) is 6.65. The van der Waals surface area contributed by atoms with Gasteiger partial charge in [0.2, 0.25) is 0 Å². The number of aromatic nitrogens is 1. The van der Waals surface area contributed by atoms with Crippen LogP contribution in [0.15, 0.2) is 108 Å². The van der Waals surface area contributed by atoms with Gasteiger partial charge in [0.25, 0.3) is 11.8 Å². The molecule has 0 spiro atoms. The molecule has 2 amide bonds. The molecule has 3 rings (SSSR count). The Labute approximate surface area is 181 Å². The predicted octanol–water partition coefficient (Wildman–Crippen LogP) is 3.95. The van der Waals surface area contributed by atoms with Crippen molar-refractivity contribution >= 4 is 24.1 Å². The third kappa shape index (κ3) is 6.90. The quantitative estimate of drug-likeness (QED) is 0.268. The minimum atomic E-state index is -0.532. The van der Waals surface area contributed by atoms with Crippen LogP contribution in [0, 0.1) is 0 Å². The second-order valence-corrected chi connectivity index (χ2v) is 6.66. The van der Waals surface area contributed by atoms with E-state index in [4.69, 9.17) is 0 Å². The number of hydrazone groups is 1. The summed E-state index contributed by atoms with van der Waals surface area (Å²) < 4.78 is 0. The minimum Gasteiger partial charge on any atom is -0.317 e. The fourth-order valence-corrected chi connectivity index (χ4v) is 2.70. The third-order valence-electron chi connectivity index (χ3n) is 4.18. The average Bonchev–Trinajstić information content (AvgIpc) is 2.80. The van der Waals surface area contributed by atoms with Gasteiger partial charge in [-0.1, -0.05) is 54.6 Å². The number of carbonyl (C=O) groups excluding carboxylic acids is 2. The standard InChI is InChI=1S/C25H22N4O2/c1-19(16-20-8-4-2-5-9-20)17-23(28-24(30)22-10-6-3-7-11-22)25(31)29-27-18-21-12-14-26-15-13-21/h2-18H,1H3,(H,28,30)(H,29,31)/b19-16+,23-17-,27-18+. The zero-order valence-corrected chi connectivity index (χ0v) is 17.0. The molecule has 0 aliphatic heterocycles. The number of carbonyl (C=O) groups is 2. The van der Waals surface area contributed by atoms with E-state index < -0.39 is 5.91 Å². The maximum atomic E-state index is 12.7. The number of rotatable bonds is 7. The van der Waals surface area contributed by atoms with Crippen LogP contribution >= 0.6 is 0 Å². The summed E-state index contributed by atoms with van der Waals surface area (Å²) >= 11 is 0. The molecule has 0 aliphatic carbocycles. The first-order chi connectivity index (χ1) is 15.1. The summed E-state index contributed by atoms with van der Waals surface area (Å²) in [6.45, 7) is 1.86. The lowest BCUT2D eigenvalue weighted by Gasteiger charge is -2.09. The van der Waals surface area contributed by atoms with Gasteiger partial charge < -0.3 is 5.32 Å². The van der Waals surface area contributed by atoms with Crippen LogP contribution in [0.4, 0.5) is 0 Å². The van der Waals surface area contributed by atoms with Crippen molar-refractivity contribution in [1.29, 1.82) is 0 Å². The molecule has 0 bridgehead atoms. The van der Waals surface area contributed by atoms with Gasteiger partial charge in [0.05, 0.1) is 6.21 Å². The smallest absolute Gasteiger partial charge is 0.287 e. The molecule has 0 fully saturated rings. The molecule has 0 atom stereocenters. The van der Waals surface area contributed by atoms with Crippen molar-refractivity contribution in [3.8, 4) is 0 Å². The molecule has 3 aromatic rings. The van der Waals surface area contributed by atoms with E-state index in [1.165, 1.54) is 6.21 Å². The van der Waals surface area contributed by atoms with E-state index in [0.717, 1.165) is 16.7 Å². The van der Waals surface area contributed by atoms with Crippen molar-refractivity contribution < 1.29 is 9.59 Å². The molecule has 0 radical (unpaired) electrons. The van der Waals surface area contributed by atoms with Crippen LogP contribution in [0.5, 0.6) is 0 Å². The van der Waals surface area contributed by atoms with Crippen molar-refractivity contribution in [1.82, 2.24) is 15.7 Å². The van der Waals surface area contributed by atoms with Crippen molar-refractivity contribution in [2.24, 2.45) is 5.10 Å². The molecule has 2 aromatic carbocycles. The van der Waals surface area contributed by atoms with Crippen LogP contribution in [-0.2, 0) is 4.79 Å². The van der Waals surface area contributed by atoms with Crippen LogP contribution in [0.2, 0.25) is 0 Å². The minimum absolute atomic E-state index is 0.0883. The van der Waals surface area contributed by atoms with Crippen molar-refractivity contribution in [2.45, 2.75) is 6.92 Å². The van der Waals surface area contributed by atoms with Gasteiger partial charge in [-0.05, 0) is 54.0 Å². The molecule has 0 unspecified atom stereocenters. The average molecular weight is 410 g/mol. The number of amides is 2. The van der Waals surface area contributed by atoms with Gasteiger partial charge in [-0.25, -0.2) is 5.43 Å². The second-order valence-electron chi connectivity index (χ2n) is 6.66. The Kier molecular flexibility index (Phi) is 7.60. The first-order valence-electron chi connectivity index (χ1n) is 9.67. The summed E-state index contributed by atoms with van der Waals surface area (Å²) in [6, 6.07) is 21.9. The number of hydrogen-bond donors (Lipinski definition) is 2. The van der Waals surface area contributed by atoms with Crippen molar-refractivity contribution in [3.63, 3.8) is 0 Å². The number of benzene rings is 2. The van der Waals surface area contributed by atoms with Crippen molar-refractivity contribution in [2.75, 3.05) is 0 Å². The molecule has 31 heavy (non-hydrogen) atoms. The molecular weight excluding hydrogens is 388 g/mol. The Bertz CT molecular complexity index is 1110. The van der Waals surface area contributed by atoms with E-state index in [9.17, 15) is 9.59 Å². The monoisotopic (exact) mass is 410 g/mol. The first-order valence-corrected chi connectivity index (χ1v) is 9.67. The number of allylic oxidation sites excluding steroid dienone is 2. The Balaban J connectivity index is 1.80. The van der Waals surface area contributed by atoms with Gasteiger partial charge in [0.15, 0.2) is 0 Å². The van der Waals surface area contributed by atoms with Crippen LogP contribution in [0.25, 0.3) is 6.08 Å². The second kappa shape index (κ2) is 11.0. The van der Waals surface area contributed by atoms with E-state index in [0.29, 0.717) is 5.56 Å². The molecular formula is C25H22N4O2. The lowest BCUT2D eigenvalue weighted by molar-refractivity contribution is -0.117. The lowest BCUT2D eigenvalue weighted by Crippen LogP contribution is -2.33. The SMILES string of the molecule is CC(/C=C(\NC(=O)c1ccccc1)C(=O)N/N=C/c1ccncc1)=C\c1ccccc1. The van der Waals surface area contributed by atoms with Gasteiger partial charge in [-0.2, -0.15) is 5.10 Å². The largest absolute Gasteiger partial charge is 0.317 e. The normalized spacial score (nSPS) is 11.9. The summed E-state index contributed by atoms with van der Waals surface area (Å²) in [4.78, 5) is 29.3. The summed E-state index contributed by atoms with van der Waals surface area (Å²) in [6.07, 6.45) is 8.30. The Hall–Kier alpha value is -4.32. The molecule has 154 valence electrons. The van der Waals surface area contributed by atoms with E-state index >= 15 is 0 Å². The molecule has 0 saturated carbocycles. The number of nitrogens with one attached hydrogen (secondary N) is 2. The molecule has 1 heterocycles. The van der Waals surface area contributed by atoms with E-state index in [1.54, 1.807) is 54.9 Å². The fraction of sp³-hybridized carbons (Fsp3) is 0.0400. The maximum Gasteiger partial charge on any atom is 0.287 e. The number of pyridine rings is 1. The zero-order valence-electron chi connectivity index (χ0n) is 17.0. The van der Waals surface area contributed by atoms with E-state index in [-0.39, 0.29) is 11.6 Å². The van der Waals surface area contributed by atoms with Gasteiger partial charge in [-0.3, -0.25) is 14.6 Å². The van der Waals surface area contributed by atoms with Gasteiger partial charge in [-0.15, -0.1) is 0 Å². The molecule has 2 N–H and O–H groups in total. The van der Waals surface area contributed by atoms with Crippen LogP contribution < -0.4 is 10.7 Å². The molecule has 6 heteroatoms. The Morgan fingerprint density at radius 1 is 0.871 bits per heavy atom. The highest BCUT2D eigenvalue weighted by molar-refractivity contribution is 6.03. The highest BCUT2D eigenvalue weighted by Crippen LogP contribution is 2.10. The zero-order chi connectivity index (χ0) is 21.9. The molecule has 0 saturated heterocycles. The molecule has 0 aliphatic rings.